The number of hydrogen-bond acceptors (Lipinski definition) is 4. The number of amides is 1. The molecule has 0 saturated carbocycles. The first-order valence-electron chi connectivity index (χ1n) is 11.2. The molecule has 35 heavy (non-hydrogen) atoms. The number of hydrogen-bond donors (Lipinski definition) is 2. The number of aromatic nitrogens is 2. The fourth-order valence-corrected chi connectivity index (χ4v) is 4.30. The third kappa shape index (κ3) is 7.84. The summed E-state index contributed by atoms with van der Waals surface area (Å²) in [6.07, 6.45) is 3.17. The summed E-state index contributed by atoms with van der Waals surface area (Å²) in [5, 5.41) is 16.3. The number of benzene rings is 2. The largest absolute Gasteiger partial charge is 0.394 e. The van der Waals surface area contributed by atoms with Crippen LogP contribution in [0.25, 0.3) is 16.9 Å². The van der Waals surface area contributed by atoms with E-state index in [9.17, 15) is 4.79 Å². The summed E-state index contributed by atoms with van der Waals surface area (Å²) in [7, 11) is 0. The van der Waals surface area contributed by atoms with Gasteiger partial charge in [0.1, 0.15) is 0 Å². The predicted molar refractivity (Wildman–Crippen MR) is 146 cm³/mol. The molecule has 1 aliphatic heterocycles. The monoisotopic (exact) mass is 558 g/mol. The van der Waals surface area contributed by atoms with E-state index in [4.69, 9.17) is 39.9 Å². The molecule has 1 aromatic heterocycles. The number of halogens is 4. The Morgan fingerprint density at radius 3 is 2.14 bits per heavy atom. The van der Waals surface area contributed by atoms with Gasteiger partial charge in [-0.25, -0.2) is 9.69 Å². The minimum Gasteiger partial charge on any atom is -0.394 e. The maximum Gasteiger partial charge on any atom is 0.286 e. The van der Waals surface area contributed by atoms with E-state index in [1.165, 1.54) is 6.42 Å². The number of nitrogens with one attached hydrogen (secondary N) is 1. The molecular weight excluding hydrogens is 530 g/mol. The summed E-state index contributed by atoms with van der Waals surface area (Å²) in [6.45, 7) is 7.03. The summed E-state index contributed by atoms with van der Waals surface area (Å²) in [5.41, 5.74) is 6.42. The zero-order chi connectivity index (χ0) is 24.8. The molecular formula is C25H30Cl4N4O2. The van der Waals surface area contributed by atoms with Crippen molar-refractivity contribution in [1.29, 1.82) is 0 Å². The average molecular weight is 560 g/mol. The van der Waals surface area contributed by atoms with E-state index in [0.29, 0.717) is 26.4 Å². The summed E-state index contributed by atoms with van der Waals surface area (Å²) in [4.78, 5) is 13.1. The molecule has 1 amide bonds. The van der Waals surface area contributed by atoms with Gasteiger partial charge in [0.25, 0.3) is 5.91 Å². The van der Waals surface area contributed by atoms with Crippen molar-refractivity contribution in [2.45, 2.75) is 46.1 Å². The lowest BCUT2D eigenvalue weighted by Gasteiger charge is -2.26. The molecule has 3 aromatic rings. The molecule has 2 aromatic carbocycles. The Labute approximate surface area is 227 Å². The van der Waals surface area contributed by atoms with Gasteiger partial charge < -0.3 is 5.11 Å². The van der Waals surface area contributed by atoms with Crippen molar-refractivity contribution in [3.05, 3.63) is 68.8 Å². The molecule has 0 aliphatic carbocycles. The molecule has 10 heteroatoms. The van der Waals surface area contributed by atoms with E-state index in [0.717, 1.165) is 42.8 Å². The van der Waals surface area contributed by atoms with Gasteiger partial charge in [-0.2, -0.15) is 5.10 Å². The van der Waals surface area contributed by atoms with Crippen LogP contribution in [0, 0.1) is 6.92 Å². The van der Waals surface area contributed by atoms with Crippen molar-refractivity contribution in [1.82, 2.24) is 20.2 Å². The van der Waals surface area contributed by atoms with Gasteiger partial charge in [0.2, 0.25) is 0 Å². The third-order valence-corrected chi connectivity index (χ3v) is 6.00. The van der Waals surface area contributed by atoms with E-state index in [-0.39, 0.29) is 24.4 Å². The van der Waals surface area contributed by atoms with Crippen LogP contribution in [-0.4, -0.2) is 45.0 Å². The normalized spacial score (nSPS) is 13.6. The van der Waals surface area contributed by atoms with E-state index >= 15 is 0 Å². The highest BCUT2D eigenvalue weighted by Crippen LogP contribution is 2.33. The number of carbonyl (C=O) groups excluding carboxylic acids is 1. The Kier molecular flexibility index (Phi) is 11.3. The smallest absolute Gasteiger partial charge is 0.286 e. The molecule has 6 nitrogen and oxygen atoms in total. The first kappa shape index (κ1) is 29.4. The number of aliphatic hydroxyl groups is 1. The molecule has 0 bridgehead atoms. The first-order valence-corrected chi connectivity index (χ1v) is 12.4. The van der Waals surface area contributed by atoms with Crippen molar-refractivity contribution < 1.29 is 9.90 Å². The maximum atomic E-state index is 13.1. The van der Waals surface area contributed by atoms with Crippen molar-refractivity contribution in [2.75, 3.05) is 13.1 Å². The first-order chi connectivity index (χ1) is 16.2. The van der Waals surface area contributed by atoms with E-state index in [1.54, 1.807) is 36.7 Å². The average Bonchev–Trinajstić information content (AvgIpc) is 3.11. The number of piperidine rings is 1. The van der Waals surface area contributed by atoms with Crippen LogP contribution in [0.4, 0.5) is 0 Å². The predicted octanol–water partition coefficient (Wildman–Crippen LogP) is 6.75. The summed E-state index contributed by atoms with van der Waals surface area (Å²) >= 11 is 18.6. The molecule has 2 heterocycles. The number of hydrazine groups is 1. The number of carbonyl (C=O) groups is 1. The highest BCUT2D eigenvalue weighted by atomic mass is 35.5. The second-order valence-corrected chi connectivity index (χ2v) is 9.70. The molecule has 0 spiro atoms. The Hall–Kier alpha value is -1.80. The lowest BCUT2D eigenvalue weighted by atomic mass is 10.1. The van der Waals surface area contributed by atoms with E-state index in [1.807, 2.05) is 36.2 Å². The Bertz CT molecular complexity index is 1120. The van der Waals surface area contributed by atoms with Crippen LogP contribution in [0.15, 0.2) is 42.5 Å². The molecule has 190 valence electrons. The fraction of sp³-hybridized carbons (Fsp3) is 0.360. The Morgan fingerprint density at radius 2 is 1.57 bits per heavy atom. The molecule has 0 atom stereocenters. The van der Waals surface area contributed by atoms with E-state index in [2.05, 4.69) is 10.5 Å². The topological polar surface area (TPSA) is 70.4 Å². The second-order valence-electron chi connectivity index (χ2n) is 8.42. The van der Waals surface area contributed by atoms with Crippen LogP contribution in [0.2, 0.25) is 15.1 Å². The molecule has 2 N–H and O–H groups in total. The van der Waals surface area contributed by atoms with Crippen LogP contribution in [0.5, 0.6) is 0 Å². The van der Waals surface area contributed by atoms with Crippen molar-refractivity contribution in [2.24, 2.45) is 0 Å². The van der Waals surface area contributed by atoms with Gasteiger partial charge in [-0.3, -0.25) is 10.2 Å². The zero-order valence-electron chi connectivity index (χ0n) is 19.9. The van der Waals surface area contributed by atoms with Crippen molar-refractivity contribution in [3.63, 3.8) is 0 Å². The third-order valence-electron chi connectivity index (χ3n) is 5.21. The minimum atomic E-state index is -0.228. The molecule has 1 saturated heterocycles. The summed E-state index contributed by atoms with van der Waals surface area (Å²) in [6, 6.07) is 12.6. The Balaban J connectivity index is 0.000000804. The number of rotatable bonds is 4. The molecule has 1 fully saturated rings. The van der Waals surface area contributed by atoms with Gasteiger partial charge >= 0.3 is 0 Å². The number of aliphatic hydroxyl groups excluding tert-OH is 1. The van der Waals surface area contributed by atoms with Gasteiger partial charge in [0.15, 0.2) is 5.69 Å². The summed E-state index contributed by atoms with van der Waals surface area (Å²) in [5.74, 6) is -0.228. The standard InChI is InChI=1S/C22H21Cl3N4O.C3H8O.ClH/c1-14-20(22(30)27-28-11-3-2-4-12-28)26-29(19-10-9-17(24)13-18(19)25)21(14)15-5-7-16(23)8-6-15;1-3(2)4;/h5-10,13H,2-4,11-12H2,1H3,(H,27,30);3-4H,1-2H3;1H. The minimum absolute atomic E-state index is 0. The second kappa shape index (κ2) is 13.5. The van der Waals surface area contributed by atoms with Crippen LogP contribution >= 0.6 is 47.2 Å². The lowest BCUT2D eigenvalue weighted by Crippen LogP contribution is -2.45. The van der Waals surface area contributed by atoms with Crippen LogP contribution < -0.4 is 5.43 Å². The SMILES string of the molecule is CC(C)O.Cc1c(C(=O)NN2CCCCC2)nn(-c2ccc(Cl)cc2Cl)c1-c1ccc(Cl)cc1.Cl. The molecule has 0 unspecified atom stereocenters. The van der Waals surface area contributed by atoms with Crippen molar-refractivity contribution in [3.8, 4) is 16.9 Å². The molecule has 0 radical (unpaired) electrons. The van der Waals surface area contributed by atoms with Gasteiger partial charge in [0, 0.05) is 40.4 Å². The van der Waals surface area contributed by atoms with Gasteiger partial charge in [-0.15, -0.1) is 12.4 Å². The highest BCUT2D eigenvalue weighted by molar-refractivity contribution is 6.35. The van der Waals surface area contributed by atoms with E-state index < -0.39 is 0 Å². The summed E-state index contributed by atoms with van der Waals surface area (Å²) < 4.78 is 1.70. The number of nitrogens with zero attached hydrogens (tertiary/aromatic N) is 3. The lowest BCUT2D eigenvalue weighted by molar-refractivity contribution is 0.0743. The highest BCUT2D eigenvalue weighted by Gasteiger charge is 2.24. The molecule has 4 rings (SSSR count). The van der Waals surface area contributed by atoms with Gasteiger partial charge in [-0.05, 0) is 63.9 Å². The fourth-order valence-electron chi connectivity index (χ4n) is 3.69. The Morgan fingerprint density at radius 1 is 1.00 bits per heavy atom. The quantitative estimate of drug-likeness (QED) is 0.371. The van der Waals surface area contributed by atoms with Crippen molar-refractivity contribution >= 4 is 53.1 Å². The van der Waals surface area contributed by atoms with Gasteiger partial charge in [0.05, 0.1) is 16.4 Å². The zero-order valence-corrected chi connectivity index (χ0v) is 23.0. The maximum absolute atomic E-state index is 13.1. The van der Waals surface area contributed by atoms with Gasteiger partial charge in [-0.1, -0.05) is 53.4 Å². The molecule has 1 aliphatic rings. The van der Waals surface area contributed by atoms with Crippen LogP contribution in [-0.2, 0) is 0 Å². The van der Waals surface area contributed by atoms with Crippen LogP contribution in [0.1, 0.15) is 49.2 Å². The van der Waals surface area contributed by atoms with Crippen LogP contribution in [0.3, 0.4) is 0 Å².